The summed E-state index contributed by atoms with van der Waals surface area (Å²) >= 11 is 3.16. The summed E-state index contributed by atoms with van der Waals surface area (Å²) in [4.78, 5) is 2.94. The second kappa shape index (κ2) is 10.6. The molecule has 33 heavy (non-hydrogen) atoms. The maximum absolute atomic E-state index is 12.5. The number of allylic oxidation sites excluding steroid dienone is 2. The van der Waals surface area contributed by atoms with Crippen LogP contribution >= 0.6 is 23.1 Å². The molecule has 0 bridgehead atoms. The molecule has 1 aliphatic rings. The number of hydrogen-bond acceptors (Lipinski definition) is 7. The van der Waals surface area contributed by atoms with Crippen LogP contribution in [0.5, 0.6) is 11.5 Å². The van der Waals surface area contributed by atoms with Crippen LogP contribution in [0.2, 0.25) is 0 Å². The first kappa shape index (κ1) is 23.6. The first-order valence-corrected chi connectivity index (χ1v) is 12.2. The zero-order chi connectivity index (χ0) is 23.4. The van der Waals surface area contributed by atoms with E-state index in [1.165, 1.54) is 0 Å². The molecule has 0 amide bonds. The zero-order valence-electron chi connectivity index (χ0n) is 18.2. The number of aliphatic hydroxyl groups excluding tert-OH is 2. The summed E-state index contributed by atoms with van der Waals surface area (Å²) < 4.78 is 21.0. The molecule has 0 unspecified atom stereocenters. The van der Waals surface area contributed by atoms with E-state index in [9.17, 15) is 19.7 Å². The molecule has 4 rings (SSSR count). The van der Waals surface area contributed by atoms with Crippen LogP contribution in [0.4, 0.5) is 10.1 Å². The highest BCUT2D eigenvalue weighted by atomic mass is 32.2. The predicted octanol–water partition coefficient (Wildman–Crippen LogP) is 3.45. The molecular formula is C24H25FN2O4S2. The second-order valence-corrected chi connectivity index (χ2v) is 9.58. The molecule has 2 N–H and O–H groups in total. The van der Waals surface area contributed by atoms with E-state index in [1.807, 2.05) is 46.7 Å². The SMILES string of the molecule is CC(/C=C1\Sc2ccc([O-])cc2N1CCO)=C\c1sc2ccc(OCC[18F])cc2[n+]1CCO. The normalized spacial score (nSPS) is 15.0. The van der Waals surface area contributed by atoms with Crippen molar-refractivity contribution in [2.24, 2.45) is 0 Å². The maximum atomic E-state index is 12.5. The van der Waals surface area contributed by atoms with Crippen molar-refractivity contribution in [1.29, 1.82) is 0 Å². The van der Waals surface area contributed by atoms with Gasteiger partial charge in [0.2, 0.25) is 5.52 Å². The van der Waals surface area contributed by atoms with Gasteiger partial charge in [-0.3, -0.25) is 0 Å². The average molecular weight is 488 g/mol. The summed E-state index contributed by atoms with van der Waals surface area (Å²) in [6.07, 6.45) is 4.09. The van der Waals surface area contributed by atoms with Crippen LogP contribution in [0.3, 0.4) is 0 Å². The topological polar surface area (TPSA) is 79.9 Å². The predicted molar refractivity (Wildman–Crippen MR) is 128 cm³/mol. The number of thiazole rings is 1. The van der Waals surface area contributed by atoms with E-state index < -0.39 is 6.67 Å². The molecular weight excluding hydrogens is 462 g/mol. The Morgan fingerprint density at radius 1 is 1.21 bits per heavy atom. The van der Waals surface area contributed by atoms with Crippen LogP contribution in [0.25, 0.3) is 16.3 Å². The molecule has 0 spiro atoms. The first-order chi connectivity index (χ1) is 16.0. The van der Waals surface area contributed by atoms with E-state index in [4.69, 9.17) is 4.74 Å². The number of rotatable bonds is 9. The number of nitrogens with zero attached hydrogens (tertiary/aromatic N) is 2. The van der Waals surface area contributed by atoms with Gasteiger partial charge in [0.1, 0.15) is 30.3 Å². The Balaban J connectivity index is 1.68. The van der Waals surface area contributed by atoms with Crippen molar-refractivity contribution < 1.29 is 29.0 Å². The third-order valence-corrected chi connectivity index (χ3v) is 7.32. The number of anilines is 1. The van der Waals surface area contributed by atoms with Gasteiger partial charge in [-0.25, -0.2) is 4.39 Å². The van der Waals surface area contributed by atoms with Gasteiger partial charge in [-0.05, 0) is 42.8 Å². The highest BCUT2D eigenvalue weighted by Crippen LogP contribution is 2.47. The fourth-order valence-electron chi connectivity index (χ4n) is 3.72. The van der Waals surface area contributed by atoms with E-state index in [1.54, 1.807) is 35.2 Å². The molecule has 0 atom stereocenters. The number of benzene rings is 2. The Morgan fingerprint density at radius 2 is 2.06 bits per heavy atom. The van der Waals surface area contributed by atoms with Gasteiger partial charge in [0, 0.05) is 17.5 Å². The summed E-state index contributed by atoms with van der Waals surface area (Å²) in [5.74, 6) is 0.535. The molecule has 0 saturated carbocycles. The van der Waals surface area contributed by atoms with Crippen LogP contribution < -0.4 is 19.3 Å². The molecule has 9 heteroatoms. The second-order valence-electron chi connectivity index (χ2n) is 7.46. The van der Waals surface area contributed by atoms with Crippen LogP contribution in [0.15, 0.2) is 58.0 Å². The van der Waals surface area contributed by atoms with E-state index in [-0.39, 0.29) is 25.6 Å². The Morgan fingerprint density at radius 3 is 2.82 bits per heavy atom. The monoisotopic (exact) mass is 487 g/mol. The van der Waals surface area contributed by atoms with Crippen molar-refractivity contribution in [2.75, 3.05) is 37.9 Å². The Kier molecular flexibility index (Phi) is 7.54. The summed E-state index contributed by atoms with van der Waals surface area (Å²) in [6, 6.07) is 10.6. The van der Waals surface area contributed by atoms with Crippen molar-refractivity contribution in [3.05, 3.63) is 58.1 Å². The maximum Gasteiger partial charge on any atom is 0.263 e. The summed E-state index contributed by atoms with van der Waals surface area (Å²) in [7, 11) is 0. The molecule has 6 nitrogen and oxygen atoms in total. The molecule has 0 aliphatic carbocycles. The lowest BCUT2D eigenvalue weighted by molar-refractivity contribution is -0.670. The van der Waals surface area contributed by atoms with Gasteiger partial charge < -0.3 is 25.0 Å². The number of aromatic nitrogens is 1. The third-order valence-electron chi connectivity index (χ3n) is 5.10. The largest absolute Gasteiger partial charge is 0.872 e. The number of aliphatic hydroxyl groups is 2. The molecule has 2 heterocycles. The molecule has 1 aliphatic heterocycles. The van der Waals surface area contributed by atoms with Crippen molar-refractivity contribution in [1.82, 2.24) is 0 Å². The summed E-state index contributed by atoms with van der Waals surface area (Å²) in [6.45, 7) is 2.24. The number of fused-ring (bicyclic) bond motifs is 2. The highest BCUT2D eigenvalue weighted by molar-refractivity contribution is 8.03. The molecule has 0 radical (unpaired) electrons. The van der Waals surface area contributed by atoms with Gasteiger partial charge in [-0.2, -0.15) is 4.57 Å². The van der Waals surface area contributed by atoms with Crippen molar-refractivity contribution in [3.8, 4) is 11.5 Å². The van der Waals surface area contributed by atoms with Gasteiger partial charge in [0.25, 0.3) is 5.01 Å². The minimum absolute atomic E-state index is 0.00726. The highest BCUT2D eigenvalue weighted by Gasteiger charge is 2.25. The number of thioether (sulfide) groups is 1. The van der Waals surface area contributed by atoms with Crippen molar-refractivity contribution in [2.45, 2.75) is 18.4 Å². The minimum Gasteiger partial charge on any atom is -0.872 e. The first-order valence-electron chi connectivity index (χ1n) is 10.6. The van der Waals surface area contributed by atoms with E-state index in [2.05, 4.69) is 6.08 Å². The lowest BCUT2D eigenvalue weighted by atomic mass is 10.2. The molecule has 0 saturated heterocycles. The molecule has 2 aromatic carbocycles. The van der Waals surface area contributed by atoms with Crippen LogP contribution in [-0.2, 0) is 6.54 Å². The molecule has 0 fully saturated rings. The van der Waals surface area contributed by atoms with Crippen LogP contribution in [0, 0.1) is 0 Å². The van der Waals surface area contributed by atoms with Crippen LogP contribution in [0.1, 0.15) is 11.9 Å². The number of hydrogen-bond donors (Lipinski definition) is 2. The summed E-state index contributed by atoms with van der Waals surface area (Å²) in [5, 5.41) is 32.9. The fourth-order valence-corrected chi connectivity index (χ4v) is 6.07. The zero-order valence-corrected chi connectivity index (χ0v) is 19.8. The van der Waals surface area contributed by atoms with E-state index in [0.717, 1.165) is 36.4 Å². The number of halogens is 1. The third kappa shape index (κ3) is 5.16. The lowest BCUT2D eigenvalue weighted by Crippen LogP contribution is -2.36. The van der Waals surface area contributed by atoms with Crippen LogP contribution in [-0.4, -0.2) is 43.3 Å². The Labute approximate surface area is 199 Å². The fraction of sp³-hybridized carbons (Fsp3) is 0.292. The Hall–Kier alpha value is -2.59. The minimum atomic E-state index is -0.550. The van der Waals surface area contributed by atoms with Gasteiger partial charge in [0.15, 0.2) is 6.54 Å². The van der Waals surface area contributed by atoms with Gasteiger partial charge in [-0.1, -0.05) is 29.2 Å². The molecule has 3 aromatic rings. The number of ether oxygens (including phenoxy) is 1. The smallest absolute Gasteiger partial charge is 0.263 e. The standard InChI is InChI=1S/C24H25FN2O4S2/c1-16(12-23-26(7-9-28)19-14-17(30)2-4-21(19)32-23)13-24-27(8-10-29)20-15-18(31-11-6-25)3-5-22(20)33-24/h2-5,12-15,28-29H,6-11H2,1H3/i25-1. The van der Waals surface area contributed by atoms with E-state index in [0.29, 0.717) is 18.8 Å². The number of β-amino-alcohol motifs (C(OH)–C–C–N with tert-alkyl or cyclic N) is 1. The van der Waals surface area contributed by atoms with Gasteiger partial charge in [0.05, 0.1) is 23.4 Å². The number of alkyl halides is 1. The lowest BCUT2D eigenvalue weighted by Gasteiger charge is -2.20. The molecule has 1 aromatic heterocycles. The van der Waals surface area contributed by atoms with Gasteiger partial charge in [-0.15, -0.1) is 5.75 Å². The van der Waals surface area contributed by atoms with Crippen molar-refractivity contribution in [3.63, 3.8) is 0 Å². The summed E-state index contributed by atoms with van der Waals surface area (Å²) in [5.41, 5.74) is 2.73. The average Bonchev–Trinajstić information content (AvgIpc) is 3.30. The van der Waals surface area contributed by atoms with E-state index >= 15 is 0 Å². The quantitative estimate of drug-likeness (QED) is 0.450. The Bertz CT molecular complexity index is 1210. The molecule has 174 valence electrons. The van der Waals surface area contributed by atoms with Gasteiger partial charge >= 0.3 is 0 Å². The van der Waals surface area contributed by atoms with Crippen molar-refractivity contribution >= 4 is 45.1 Å².